The number of carbonyl (C=O) groups is 2. The van der Waals surface area contributed by atoms with Gasteiger partial charge in [-0.3, -0.25) is 9.59 Å². The van der Waals surface area contributed by atoms with Gasteiger partial charge in [0.2, 0.25) is 11.8 Å². The predicted octanol–water partition coefficient (Wildman–Crippen LogP) is 2.19. The van der Waals surface area contributed by atoms with E-state index in [-0.39, 0.29) is 24.3 Å². The third-order valence-electron chi connectivity index (χ3n) is 3.18. The topological polar surface area (TPSA) is 49.4 Å². The molecule has 0 unspecified atom stereocenters. The van der Waals surface area contributed by atoms with Gasteiger partial charge < -0.3 is 10.2 Å². The third-order valence-corrected chi connectivity index (χ3v) is 3.18. The fraction of sp³-hybridized carbons (Fsp3) is 0.857. The molecule has 0 atom stereocenters. The summed E-state index contributed by atoms with van der Waals surface area (Å²) in [7, 11) is 0. The Morgan fingerprint density at radius 2 is 1.50 bits per heavy atom. The van der Waals surface area contributed by atoms with Crippen LogP contribution < -0.4 is 5.32 Å². The van der Waals surface area contributed by atoms with Crippen LogP contribution in [0.2, 0.25) is 0 Å². The molecule has 0 bridgehead atoms. The second-order valence-corrected chi connectivity index (χ2v) is 4.56. The first-order valence-electron chi connectivity index (χ1n) is 7.16. The molecule has 0 aromatic rings. The standard InChI is InChI=1S/C14H28N2O2/c1-5-9-12(10-6-2)14(18)15-11-13(17)16(7-3)8-4/h12H,5-11H2,1-4H3,(H,15,18). The Labute approximate surface area is 111 Å². The number of likely N-dealkylation sites (N-methyl/N-ethyl adjacent to an activating group) is 1. The molecule has 18 heavy (non-hydrogen) atoms. The minimum absolute atomic E-state index is 0.0000898. The van der Waals surface area contributed by atoms with Crippen molar-refractivity contribution in [2.75, 3.05) is 19.6 Å². The Balaban J connectivity index is 4.17. The number of hydrogen-bond acceptors (Lipinski definition) is 2. The van der Waals surface area contributed by atoms with Gasteiger partial charge in [-0.1, -0.05) is 26.7 Å². The van der Waals surface area contributed by atoms with Crippen LogP contribution in [0.15, 0.2) is 0 Å². The van der Waals surface area contributed by atoms with E-state index in [0.717, 1.165) is 25.7 Å². The maximum Gasteiger partial charge on any atom is 0.241 e. The van der Waals surface area contributed by atoms with Crippen molar-refractivity contribution in [3.05, 3.63) is 0 Å². The van der Waals surface area contributed by atoms with Crippen molar-refractivity contribution in [3.8, 4) is 0 Å². The predicted molar refractivity (Wildman–Crippen MR) is 74.2 cm³/mol. The van der Waals surface area contributed by atoms with E-state index in [2.05, 4.69) is 19.2 Å². The highest BCUT2D eigenvalue weighted by molar-refractivity contribution is 5.85. The van der Waals surface area contributed by atoms with E-state index >= 15 is 0 Å². The van der Waals surface area contributed by atoms with E-state index in [4.69, 9.17) is 0 Å². The molecule has 1 N–H and O–H groups in total. The van der Waals surface area contributed by atoms with Crippen LogP contribution in [0.4, 0.5) is 0 Å². The lowest BCUT2D eigenvalue weighted by atomic mass is 9.97. The molecule has 0 aromatic heterocycles. The molecular weight excluding hydrogens is 228 g/mol. The van der Waals surface area contributed by atoms with Gasteiger partial charge in [-0.2, -0.15) is 0 Å². The minimum Gasteiger partial charge on any atom is -0.347 e. The van der Waals surface area contributed by atoms with Crippen LogP contribution >= 0.6 is 0 Å². The Morgan fingerprint density at radius 1 is 1.00 bits per heavy atom. The zero-order chi connectivity index (χ0) is 14.0. The second kappa shape index (κ2) is 9.92. The Hall–Kier alpha value is -1.06. The molecule has 4 nitrogen and oxygen atoms in total. The SMILES string of the molecule is CCCC(CCC)C(=O)NCC(=O)N(CC)CC. The Kier molecular flexibility index (Phi) is 9.33. The molecule has 2 amide bonds. The van der Waals surface area contributed by atoms with Crippen LogP contribution in [0.3, 0.4) is 0 Å². The summed E-state index contributed by atoms with van der Waals surface area (Å²) in [5.41, 5.74) is 0. The number of nitrogens with zero attached hydrogens (tertiary/aromatic N) is 1. The molecule has 106 valence electrons. The van der Waals surface area contributed by atoms with E-state index in [1.165, 1.54) is 0 Å². The van der Waals surface area contributed by atoms with Gasteiger partial charge >= 0.3 is 0 Å². The average molecular weight is 256 g/mol. The van der Waals surface area contributed by atoms with Gasteiger partial charge in [-0.25, -0.2) is 0 Å². The lowest BCUT2D eigenvalue weighted by Gasteiger charge is -2.20. The third kappa shape index (κ3) is 6.03. The molecule has 0 rings (SSSR count). The summed E-state index contributed by atoms with van der Waals surface area (Å²) in [5, 5.41) is 2.77. The van der Waals surface area contributed by atoms with Crippen LogP contribution in [0.1, 0.15) is 53.4 Å². The highest BCUT2D eigenvalue weighted by Gasteiger charge is 2.18. The normalized spacial score (nSPS) is 10.5. The Morgan fingerprint density at radius 3 is 1.89 bits per heavy atom. The quantitative estimate of drug-likeness (QED) is 0.687. The fourth-order valence-electron chi connectivity index (χ4n) is 2.10. The van der Waals surface area contributed by atoms with E-state index in [1.807, 2.05) is 13.8 Å². The minimum atomic E-state index is 0.0000898. The molecule has 0 aliphatic carbocycles. The monoisotopic (exact) mass is 256 g/mol. The second-order valence-electron chi connectivity index (χ2n) is 4.56. The van der Waals surface area contributed by atoms with Crippen molar-refractivity contribution in [2.24, 2.45) is 5.92 Å². The first-order valence-corrected chi connectivity index (χ1v) is 7.16. The molecule has 0 heterocycles. The molecular formula is C14H28N2O2. The van der Waals surface area contributed by atoms with Gasteiger partial charge in [0.15, 0.2) is 0 Å². The van der Waals surface area contributed by atoms with Crippen molar-refractivity contribution >= 4 is 11.8 Å². The molecule has 0 aliphatic heterocycles. The number of rotatable bonds is 9. The number of amides is 2. The van der Waals surface area contributed by atoms with Crippen LogP contribution in [0.5, 0.6) is 0 Å². The van der Waals surface area contributed by atoms with E-state index in [1.54, 1.807) is 4.90 Å². The van der Waals surface area contributed by atoms with Crippen molar-refractivity contribution in [2.45, 2.75) is 53.4 Å². The molecule has 0 aromatic carbocycles. The number of carbonyl (C=O) groups excluding carboxylic acids is 2. The molecule has 0 saturated carbocycles. The number of hydrogen-bond donors (Lipinski definition) is 1. The summed E-state index contributed by atoms with van der Waals surface area (Å²) in [6, 6.07) is 0. The molecule has 0 radical (unpaired) electrons. The highest BCUT2D eigenvalue weighted by atomic mass is 16.2. The van der Waals surface area contributed by atoms with Gasteiger partial charge in [0.25, 0.3) is 0 Å². The van der Waals surface area contributed by atoms with Crippen LogP contribution in [-0.2, 0) is 9.59 Å². The van der Waals surface area contributed by atoms with Crippen LogP contribution in [0, 0.1) is 5.92 Å². The van der Waals surface area contributed by atoms with Gasteiger partial charge in [-0.15, -0.1) is 0 Å². The van der Waals surface area contributed by atoms with Gasteiger partial charge in [0, 0.05) is 19.0 Å². The van der Waals surface area contributed by atoms with Crippen molar-refractivity contribution in [1.29, 1.82) is 0 Å². The van der Waals surface area contributed by atoms with Crippen molar-refractivity contribution < 1.29 is 9.59 Å². The smallest absolute Gasteiger partial charge is 0.241 e. The summed E-state index contributed by atoms with van der Waals surface area (Å²) in [6.45, 7) is 9.57. The summed E-state index contributed by atoms with van der Waals surface area (Å²) in [4.78, 5) is 25.4. The van der Waals surface area contributed by atoms with E-state index in [0.29, 0.717) is 13.1 Å². The summed E-state index contributed by atoms with van der Waals surface area (Å²) >= 11 is 0. The summed E-state index contributed by atoms with van der Waals surface area (Å²) in [5.74, 6) is 0.0869. The van der Waals surface area contributed by atoms with Crippen LogP contribution in [0.25, 0.3) is 0 Å². The Bertz CT molecular complexity index is 244. The fourth-order valence-corrected chi connectivity index (χ4v) is 2.10. The van der Waals surface area contributed by atoms with Gasteiger partial charge in [0.1, 0.15) is 0 Å². The maximum absolute atomic E-state index is 11.9. The first-order chi connectivity index (χ1) is 8.60. The van der Waals surface area contributed by atoms with Gasteiger partial charge in [-0.05, 0) is 26.7 Å². The number of nitrogens with one attached hydrogen (secondary N) is 1. The van der Waals surface area contributed by atoms with Gasteiger partial charge in [0.05, 0.1) is 6.54 Å². The first kappa shape index (κ1) is 16.9. The molecule has 0 fully saturated rings. The maximum atomic E-state index is 11.9. The summed E-state index contributed by atoms with van der Waals surface area (Å²) in [6.07, 6.45) is 3.81. The zero-order valence-corrected chi connectivity index (χ0v) is 12.3. The molecule has 0 spiro atoms. The lowest BCUT2D eigenvalue weighted by molar-refractivity contribution is -0.133. The van der Waals surface area contributed by atoms with Crippen molar-refractivity contribution in [1.82, 2.24) is 10.2 Å². The summed E-state index contributed by atoms with van der Waals surface area (Å²) < 4.78 is 0. The van der Waals surface area contributed by atoms with Crippen LogP contribution in [-0.4, -0.2) is 36.3 Å². The van der Waals surface area contributed by atoms with Crippen molar-refractivity contribution in [3.63, 3.8) is 0 Å². The van der Waals surface area contributed by atoms with E-state index in [9.17, 15) is 9.59 Å². The molecule has 0 saturated heterocycles. The highest BCUT2D eigenvalue weighted by Crippen LogP contribution is 2.13. The largest absolute Gasteiger partial charge is 0.347 e. The average Bonchev–Trinajstić information content (AvgIpc) is 2.37. The molecule has 4 heteroatoms. The van der Waals surface area contributed by atoms with E-state index < -0.39 is 0 Å². The zero-order valence-electron chi connectivity index (χ0n) is 12.3. The molecule has 0 aliphatic rings. The lowest BCUT2D eigenvalue weighted by Crippen LogP contribution is -2.41.